The number of hydrogen-bond acceptors (Lipinski definition) is 3. The summed E-state index contributed by atoms with van der Waals surface area (Å²) in [5, 5.41) is 1.31. The maximum Gasteiger partial charge on any atom is 0.228 e. The third-order valence-corrected chi connectivity index (χ3v) is 3.30. The Labute approximate surface area is 109 Å². The molecule has 5 heteroatoms. The molecule has 2 N–H and O–H groups in total. The Morgan fingerprint density at radius 1 is 1.39 bits per heavy atom. The average Bonchev–Trinajstić information content (AvgIpc) is 2.67. The molecule has 92 valence electrons. The van der Waals surface area contributed by atoms with Gasteiger partial charge in [-0.2, -0.15) is 0 Å². The summed E-state index contributed by atoms with van der Waals surface area (Å²) >= 11 is 6.01. The van der Waals surface area contributed by atoms with Crippen LogP contribution in [0.5, 0.6) is 0 Å². The maximum atomic E-state index is 11.9. The fraction of sp³-hybridized carbons (Fsp3) is 0.231. The number of halogens is 1. The van der Waals surface area contributed by atoms with Gasteiger partial charge in [-0.15, -0.1) is 0 Å². The third-order valence-electron chi connectivity index (χ3n) is 3.11. The van der Waals surface area contributed by atoms with Crippen molar-refractivity contribution in [3.63, 3.8) is 0 Å². The number of amides is 1. The van der Waals surface area contributed by atoms with Crippen molar-refractivity contribution >= 4 is 34.1 Å². The number of benzene rings is 1. The van der Waals surface area contributed by atoms with E-state index in [1.165, 1.54) is 0 Å². The number of carbonyl (C=O) groups excluding carboxylic acids is 1. The van der Waals surface area contributed by atoms with Crippen LogP contribution in [0.25, 0.3) is 10.9 Å². The minimum Gasteiger partial charge on any atom is -0.326 e. The molecular weight excluding hydrogens is 250 g/mol. The van der Waals surface area contributed by atoms with E-state index in [0.29, 0.717) is 18.1 Å². The molecule has 1 aromatic heterocycles. The zero-order valence-electron chi connectivity index (χ0n) is 9.64. The highest BCUT2D eigenvalue weighted by Gasteiger charge is 2.29. The molecule has 1 unspecified atom stereocenters. The molecule has 1 amide bonds. The first-order chi connectivity index (χ1) is 8.65. The first kappa shape index (κ1) is 11.4. The van der Waals surface area contributed by atoms with Gasteiger partial charge in [-0.1, -0.05) is 29.8 Å². The summed E-state index contributed by atoms with van der Waals surface area (Å²) in [4.78, 5) is 17.9. The van der Waals surface area contributed by atoms with E-state index in [1.807, 2.05) is 24.3 Å². The minimum atomic E-state index is -0.108. The van der Waals surface area contributed by atoms with E-state index in [2.05, 4.69) is 4.98 Å². The molecule has 2 heterocycles. The molecule has 0 bridgehead atoms. The molecule has 3 rings (SSSR count). The van der Waals surface area contributed by atoms with Gasteiger partial charge in [0.05, 0.1) is 11.2 Å². The normalized spacial score (nSPS) is 19.8. The van der Waals surface area contributed by atoms with Crippen LogP contribution in [0.3, 0.4) is 0 Å². The second kappa shape index (κ2) is 4.23. The highest BCUT2D eigenvalue weighted by atomic mass is 35.5. The molecule has 4 nitrogen and oxygen atoms in total. The summed E-state index contributed by atoms with van der Waals surface area (Å²) in [6.45, 7) is 0.531. The van der Waals surface area contributed by atoms with Gasteiger partial charge in [-0.25, -0.2) is 4.98 Å². The van der Waals surface area contributed by atoms with Crippen LogP contribution in [0.1, 0.15) is 6.42 Å². The first-order valence-electron chi connectivity index (χ1n) is 5.76. The second-order valence-corrected chi connectivity index (χ2v) is 4.84. The highest BCUT2D eigenvalue weighted by Crippen LogP contribution is 2.31. The topological polar surface area (TPSA) is 59.2 Å². The van der Waals surface area contributed by atoms with Crippen LogP contribution in [0.4, 0.5) is 5.69 Å². The molecule has 1 aliphatic heterocycles. The van der Waals surface area contributed by atoms with Crippen molar-refractivity contribution in [2.45, 2.75) is 12.5 Å². The van der Waals surface area contributed by atoms with Crippen LogP contribution in [0, 0.1) is 0 Å². The van der Waals surface area contributed by atoms with Crippen LogP contribution in [0.15, 0.2) is 30.3 Å². The van der Waals surface area contributed by atoms with E-state index in [-0.39, 0.29) is 11.9 Å². The fourth-order valence-corrected chi connectivity index (χ4v) is 2.51. The Bertz CT molecular complexity index is 629. The summed E-state index contributed by atoms with van der Waals surface area (Å²) in [5.41, 5.74) is 7.40. The SMILES string of the molecule is NC1CC(=O)N(c2cc(Cl)nc3ccccc23)C1. The minimum absolute atomic E-state index is 0.0370. The molecule has 1 fully saturated rings. The van der Waals surface area contributed by atoms with Gasteiger partial charge in [0.15, 0.2) is 0 Å². The Kier molecular flexibility index (Phi) is 2.69. The lowest BCUT2D eigenvalue weighted by Gasteiger charge is -2.18. The van der Waals surface area contributed by atoms with Crippen molar-refractivity contribution in [3.05, 3.63) is 35.5 Å². The Hall–Kier alpha value is -1.65. The Morgan fingerprint density at radius 3 is 2.89 bits per heavy atom. The van der Waals surface area contributed by atoms with Crippen molar-refractivity contribution in [3.8, 4) is 0 Å². The number of nitrogens with two attached hydrogens (primary N) is 1. The van der Waals surface area contributed by atoms with E-state index in [9.17, 15) is 4.79 Å². The fourth-order valence-electron chi connectivity index (χ4n) is 2.32. The predicted octanol–water partition coefficient (Wildman–Crippen LogP) is 1.95. The van der Waals surface area contributed by atoms with E-state index in [4.69, 9.17) is 17.3 Å². The van der Waals surface area contributed by atoms with Crippen molar-refractivity contribution in [1.29, 1.82) is 0 Å². The number of hydrogen-bond donors (Lipinski definition) is 1. The summed E-state index contributed by atoms with van der Waals surface area (Å²) < 4.78 is 0. The lowest BCUT2D eigenvalue weighted by atomic mass is 10.2. The van der Waals surface area contributed by atoms with Gasteiger partial charge in [0.1, 0.15) is 5.15 Å². The van der Waals surface area contributed by atoms with Crippen molar-refractivity contribution in [1.82, 2.24) is 4.98 Å². The largest absolute Gasteiger partial charge is 0.326 e. The van der Waals surface area contributed by atoms with E-state index in [1.54, 1.807) is 11.0 Å². The Balaban J connectivity index is 2.19. The summed E-state index contributed by atoms with van der Waals surface area (Å²) in [6.07, 6.45) is 0.383. The number of pyridine rings is 1. The highest BCUT2D eigenvalue weighted by molar-refractivity contribution is 6.30. The molecule has 2 aromatic rings. The number of anilines is 1. The zero-order chi connectivity index (χ0) is 12.7. The van der Waals surface area contributed by atoms with Gasteiger partial charge in [0.2, 0.25) is 5.91 Å². The third kappa shape index (κ3) is 1.83. The first-order valence-corrected chi connectivity index (χ1v) is 6.14. The van der Waals surface area contributed by atoms with Crippen molar-refractivity contribution in [2.24, 2.45) is 5.73 Å². The van der Waals surface area contributed by atoms with Gasteiger partial charge in [0, 0.05) is 24.4 Å². The monoisotopic (exact) mass is 261 g/mol. The number of rotatable bonds is 1. The number of fused-ring (bicyclic) bond motifs is 1. The molecule has 0 aliphatic carbocycles. The Morgan fingerprint density at radius 2 is 2.17 bits per heavy atom. The zero-order valence-corrected chi connectivity index (χ0v) is 10.4. The van der Waals surface area contributed by atoms with Gasteiger partial charge in [-0.3, -0.25) is 4.79 Å². The van der Waals surface area contributed by atoms with E-state index >= 15 is 0 Å². The molecule has 1 aliphatic rings. The van der Waals surface area contributed by atoms with Crippen molar-refractivity contribution in [2.75, 3.05) is 11.4 Å². The standard InChI is InChI=1S/C13H12ClN3O/c14-12-6-11(17-7-8(15)5-13(17)18)9-3-1-2-4-10(9)16-12/h1-4,6,8H,5,7,15H2. The predicted molar refractivity (Wildman–Crippen MR) is 71.7 cm³/mol. The smallest absolute Gasteiger partial charge is 0.228 e. The molecule has 1 aromatic carbocycles. The van der Waals surface area contributed by atoms with Gasteiger partial charge in [0.25, 0.3) is 0 Å². The van der Waals surface area contributed by atoms with Crippen LogP contribution < -0.4 is 10.6 Å². The molecule has 18 heavy (non-hydrogen) atoms. The number of para-hydroxylation sites is 1. The molecule has 0 spiro atoms. The molecule has 1 atom stereocenters. The molecular formula is C13H12ClN3O. The second-order valence-electron chi connectivity index (χ2n) is 4.45. The maximum absolute atomic E-state index is 11.9. The van der Waals surface area contributed by atoms with Crippen LogP contribution >= 0.6 is 11.6 Å². The molecule has 0 saturated carbocycles. The average molecular weight is 262 g/mol. The van der Waals surface area contributed by atoms with Gasteiger partial charge >= 0.3 is 0 Å². The summed E-state index contributed by atoms with van der Waals surface area (Å²) in [6, 6.07) is 9.24. The van der Waals surface area contributed by atoms with Crippen molar-refractivity contribution < 1.29 is 4.79 Å². The number of aromatic nitrogens is 1. The number of nitrogens with zero attached hydrogens (tertiary/aromatic N) is 2. The van der Waals surface area contributed by atoms with Gasteiger partial charge in [-0.05, 0) is 12.1 Å². The van der Waals surface area contributed by atoms with E-state index in [0.717, 1.165) is 16.6 Å². The van der Waals surface area contributed by atoms with Gasteiger partial charge < -0.3 is 10.6 Å². The molecule has 1 saturated heterocycles. The summed E-state index contributed by atoms with van der Waals surface area (Å²) in [5.74, 6) is 0.0370. The summed E-state index contributed by atoms with van der Waals surface area (Å²) in [7, 11) is 0. The lowest BCUT2D eigenvalue weighted by Crippen LogP contribution is -2.28. The van der Waals surface area contributed by atoms with Crippen LogP contribution in [0.2, 0.25) is 5.15 Å². The number of carbonyl (C=O) groups is 1. The quantitative estimate of drug-likeness (QED) is 0.799. The van der Waals surface area contributed by atoms with Crippen LogP contribution in [-0.4, -0.2) is 23.5 Å². The lowest BCUT2D eigenvalue weighted by molar-refractivity contribution is -0.117. The molecule has 0 radical (unpaired) electrons. The van der Waals surface area contributed by atoms with Crippen LogP contribution in [-0.2, 0) is 4.79 Å². The van der Waals surface area contributed by atoms with E-state index < -0.39 is 0 Å².